The third-order valence-corrected chi connectivity index (χ3v) is 4.78. The van der Waals surface area contributed by atoms with Crippen LogP contribution in [0.25, 0.3) is 0 Å². The predicted octanol–water partition coefficient (Wildman–Crippen LogP) is 4.94. The first-order valence-electron chi connectivity index (χ1n) is 6.88. The average Bonchev–Trinajstić information content (AvgIpc) is 2.37. The van der Waals surface area contributed by atoms with Gasteiger partial charge in [-0.2, -0.15) is 0 Å². The van der Waals surface area contributed by atoms with Gasteiger partial charge in [0.25, 0.3) is 0 Å². The fourth-order valence-electron chi connectivity index (χ4n) is 2.74. The standard InChI is InChI=1S/C17H16BrFO/c18-16-10-12(19)8-9-15(16)17(20)14-7-2-1-6-13(14)11-4-3-5-11/h1-2,6-11,17,20H,3-5H2. The van der Waals surface area contributed by atoms with E-state index in [1.54, 1.807) is 6.07 Å². The lowest BCUT2D eigenvalue weighted by Crippen LogP contribution is -2.13. The minimum Gasteiger partial charge on any atom is -0.384 e. The largest absolute Gasteiger partial charge is 0.384 e. The first kappa shape index (κ1) is 13.8. The van der Waals surface area contributed by atoms with E-state index in [1.165, 1.54) is 37.0 Å². The molecule has 20 heavy (non-hydrogen) atoms. The molecule has 0 spiro atoms. The van der Waals surface area contributed by atoms with E-state index < -0.39 is 6.10 Å². The summed E-state index contributed by atoms with van der Waals surface area (Å²) in [6.45, 7) is 0. The summed E-state index contributed by atoms with van der Waals surface area (Å²) in [5.41, 5.74) is 2.87. The molecule has 0 radical (unpaired) electrons. The zero-order valence-electron chi connectivity index (χ0n) is 11.0. The Morgan fingerprint density at radius 3 is 2.50 bits per heavy atom. The van der Waals surface area contributed by atoms with Crippen LogP contribution in [0.5, 0.6) is 0 Å². The Balaban J connectivity index is 1.99. The highest BCUT2D eigenvalue weighted by Crippen LogP contribution is 2.41. The van der Waals surface area contributed by atoms with Crippen LogP contribution in [-0.2, 0) is 0 Å². The van der Waals surface area contributed by atoms with Crippen LogP contribution in [0.3, 0.4) is 0 Å². The zero-order valence-corrected chi connectivity index (χ0v) is 12.6. The Bertz CT molecular complexity index is 622. The van der Waals surface area contributed by atoms with E-state index in [9.17, 15) is 9.50 Å². The van der Waals surface area contributed by atoms with Crippen LogP contribution in [0.15, 0.2) is 46.9 Å². The molecule has 0 heterocycles. The smallest absolute Gasteiger partial charge is 0.124 e. The lowest BCUT2D eigenvalue weighted by molar-refractivity contribution is 0.216. The number of aliphatic hydroxyl groups is 1. The quantitative estimate of drug-likeness (QED) is 0.843. The second-order valence-electron chi connectivity index (χ2n) is 5.33. The normalized spacial score (nSPS) is 16.8. The summed E-state index contributed by atoms with van der Waals surface area (Å²) in [6, 6.07) is 12.4. The summed E-state index contributed by atoms with van der Waals surface area (Å²) in [5, 5.41) is 10.7. The van der Waals surface area contributed by atoms with Crippen LogP contribution in [0.2, 0.25) is 0 Å². The number of aliphatic hydroxyl groups excluding tert-OH is 1. The van der Waals surface area contributed by atoms with Crippen LogP contribution in [0.1, 0.15) is 48.0 Å². The highest BCUT2D eigenvalue weighted by Gasteiger charge is 2.25. The van der Waals surface area contributed by atoms with Crippen molar-refractivity contribution >= 4 is 15.9 Å². The van der Waals surface area contributed by atoms with E-state index in [4.69, 9.17) is 0 Å². The van der Waals surface area contributed by atoms with Crippen LogP contribution in [-0.4, -0.2) is 5.11 Å². The molecule has 0 aliphatic heterocycles. The van der Waals surface area contributed by atoms with Crippen LogP contribution >= 0.6 is 15.9 Å². The number of benzene rings is 2. The number of hydrogen-bond donors (Lipinski definition) is 1. The van der Waals surface area contributed by atoms with Gasteiger partial charge in [0.05, 0.1) is 0 Å². The predicted molar refractivity (Wildman–Crippen MR) is 81.2 cm³/mol. The molecule has 104 valence electrons. The molecule has 1 nitrogen and oxygen atoms in total. The SMILES string of the molecule is OC(c1ccc(F)cc1Br)c1ccccc1C1CCC1. The van der Waals surface area contributed by atoms with Crippen molar-refractivity contribution in [2.24, 2.45) is 0 Å². The molecule has 2 aromatic rings. The fourth-order valence-corrected chi connectivity index (χ4v) is 3.31. The van der Waals surface area contributed by atoms with Crippen molar-refractivity contribution in [3.8, 4) is 0 Å². The molecule has 0 saturated heterocycles. The van der Waals surface area contributed by atoms with Crippen LogP contribution < -0.4 is 0 Å². The zero-order chi connectivity index (χ0) is 14.1. The van der Waals surface area contributed by atoms with Crippen LogP contribution in [0, 0.1) is 5.82 Å². The molecule has 3 heteroatoms. The highest BCUT2D eigenvalue weighted by molar-refractivity contribution is 9.10. The number of rotatable bonds is 3. The Morgan fingerprint density at radius 2 is 1.85 bits per heavy atom. The van der Waals surface area contributed by atoms with Crippen molar-refractivity contribution < 1.29 is 9.50 Å². The Kier molecular flexibility index (Phi) is 3.90. The van der Waals surface area contributed by atoms with Crippen molar-refractivity contribution in [1.82, 2.24) is 0 Å². The molecule has 0 amide bonds. The van der Waals surface area contributed by atoms with Gasteiger partial charge in [-0.25, -0.2) is 4.39 Å². The molecule has 1 fully saturated rings. The fraction of sp³-hybridized carbons (Fsp3) is 0.294. The van der Waals surface area contributed by atoms with E-state index >= 15 is 0 Å². The molecule has 1 N–H and O–H groups in total. The van der Waals surface area contributed by atoms with Crippen molar-refractivity contribution in [2.75, 3.05) is 0 Å². The van der Waals surface area contributed by atoms with Gasteiger partial charge in [0.1, 0.15) is 11.9 Å². The molecule has 0 bridgehead atoms. The molecule has 1 atom stereocenters. The molecule has 0 aromatic heterocycles. The molecule has 2 aromatic carbocycles. The lowest BCUT2D eigenvalue weighted by atomic mass is 9.77. The second-order valence-corrected chi connectivity index (χ2v) is 6.18. The molecule has 3 rings (SSSR count). The summed E-state index contributed by atoms with van der Waals surface area (Å²) in [5.74, 6) is 0.250. The van der Waals surface area contributed by atoms with E-state index in [-0.39, 0.29) is 5.82 Å². The number of halogens is 2. The summed E-state index contributed by atoms with van der Waals surface area (Å²) >= 11 is 3.34. The highest BCUT2D eigenvalue weighted by atomic mass is 79.9. The monoisotopic (exact) mass is 334 g/mol. The molecular formula is C17H16BrFO. The second kappa shape index (κ2) is 5.66. The van der Waals surface area contributed by atoms with Gasteiger partial charge in [-0.3, -0.25) is 0 Å². The summed E-state index contributed by atoms with van der Waals surface area (Å²) in [6.07, 6.45) is 2.92. The average molecular weight is 335 g/mol. The van der Waals surface area contributed by atoms with Gasteiger partial charge in [-0.05, 0) is 47.6 Å². The maximum absolute atomic E-state index is 13.2. The van der Waals surface area contributed by atoms with E-state index in [0.29, 0.717) is 16.0 Å². The van der Waals surface area contributed by atoms with Gasteiger partial charge in [-0.1, -0.05) is 52.7 Å². The summed E-state index contributed by atoms with van der Waals surface area (Å²) < 4.78 is 13.8. The lowest BCUT2D eigenvalue weighted by Gasteiger charge is -2.29. The molecule has 1 aliphatic carbocycles. The van der Waals surface area contributed by atoms with E-state index in [0.717, 1.165) is 5.56 Å². The van der Waals surface area contributed by atoms with Crippen molar-refractivity contribution in [3.63, 3.8) is 0 Å². The first-order chi connectivity index (χ1) is 9.66. The Morgan fingerprint density at radius 1 is 1.10 bits per heavy atom. The van der Waals surface area contributed by atoms with E-state index in [1.807, 2.05) is 18.2 Å². The Hall–Kier alpha value is -1.19. The van der Waals surface area contributed by atoms with Gasteiger partial charge in [0.2, 0.25) is 0 Å². The third kappa shape index (κ3) is 2.52. The third-order valence-electron chi connectivity index (χ3n) is 4.09. The van der Waals surface area contributed by atoms with E-state index in [2.05, 4.69) is 22.0 Å². The van der Waals surface area contributed by atoms with Gasteiger partial charge in [0, 0.05) is 4.47 Å². The maximum Gasteiger partial charge on any atom is 0.124 e. The molecule has 1 aliphatic rings. The molecule has 1 unspecified atom stereocenters. The minimum absolute atomic E-state index is 0.305. The van der Waals surface area contributed by atoms with Crippen molar-refractivity contribution in [3.05, 3.63) is 69.4 Å². The van der Waals surface area contributed by atoms with Gasteiger partial charge in [-0.15, -0.1) is 0 Å². The van der Waals surface area contributed by atoms with Crippen molar-refractivity contribution in [1.29, 1.82) is 0 Å². The topological polar surface area (TPSA) is 20.2 Å². The Labute approximate surface area is 126 Å². The van der Waals surface area contributed by atoms with Gasteiger partial charge >= 0.3 is 0 Å². The molecule has 1 saturated carbocycles. The molecular weight excluding hydrogens is 319 g/mol. The van der Waals surface area contributed by atoms with Crippen molar-refractivity contribution in [2.45, 2.75) is 31.3 Å². The summed E-state index contributed by atoms with van der Waals surface area (Å²) in [4.78, 5) is 0. The summed E-state index contributed by atoms with van der Waals surface area (Å²) in [7, 11) is 0. The van der Waals surface area contributed by atoms with Gasteiger partial charge in [0.15, 0.2) is 0 Å². The van der Waals surface area contributed by atoms with Crippen LogP contribution in [0.4, 0.5) is 4.39 Å². The minimum atomic E-state index is -0.721. The first-order valence-corrected chi connectivity index (χ1v) is 7.68. The maximum atomic E-state index is 13.2. The van der Waals surface area contributed by atoms with Gasteiger partial charge < -0.3 is 5.11 Å². The number of hydrogen-bond acceptors (Lipinski definition) is 1.